The van der Waals surface area contributed by atoms with E-state index in [2.05, 4.69) is 10.2 Å². The SMILES string of the molecule is COc1ccc(C(C)C(=O)N2CCc3[nH]ncc3C2)cc1OC. The molecule has 1 aliphatic heterocycles. The molecule has 1 aliphatic rings. The minimum atomic E-state index is -0.233. The lowest BCUT2D eigenvalue weighted by Crippen LogP contribution is -2.38. The second-order valence-electron chi connectivity index (χ2n) is 5.72. The largest absolute Gasteiger partial charge is 0.493 e. The van der Waals surface area contributed by atoms with Gasteiger partial charge in [-0.25, -0.2) is 0 Å². The van der Waals surface area contributed by atoms with Crippen LogP contribution in [0.3, 0.4) is 0 Å². The molecule has 23 heavy (non-hydrogen) atoms. The van der Waals surface area contributed by atoms with Crippen LogP contribution >= 0.6 is 0 Å². The van der Waals surface area contributed by atoms with Crippen LogP contribution in [-0.2, 0) is 17.8 Å². The Labute approximate surface area is 135 Å². The topological polar surface area (TPSA) is 67.5 Å². The number of hydrogen-bond donors (Lipinski definition) is 1. The molecule has 2 heterocycles. The number of fused-ring (bicyclic) bond motifs is 1. The first-order valence-corrected chi connectivity index (χ1v) is 7.66. The van der Waals surface area contributed by atoms with Gasteiger partial charge < -0.3 is 14.4 Å². The molecule has 0 spiro atoms. The van der Waals surface area contributed by atoms with Crippen LogP contribution in [0.1, 0.15) is 29.7 Å². The molecule has 122 valence electrons. The molecule has 0 saturated carbocycles. The number of nitrogens with one attached hydrogen (secondary N) is 1. The van der Waals surface area contributed by atoms with Crippen LogP contribution in [0.15, 0.2) is 24.4 Å². The van der Waals surface area contributed by atoms with Crippen molar-refractivity contribution in [2.75, 3.05) is 20.8 Å². The Morgan fingerprint density at radius 3 is 2.83 bits per heavy atom. The number of H-pyrrole nitrogens is 1. The van der Waals surface area contributed by atoms with E-state index in [1.165, 1.54) is 0 Å². The Kier molecular flexibility index (Phi) is 4.23. The quantitative estimate of drug-likeness (QED) is 0.938. The molecular weight excluding hydrogens is 294 g/mol. The van der Waals surface area contributed by atoms with Crippen molar-refractivity contribution in [3.8, 4) is 11.5 Å². The van der Waals surface area contributed by atoms with E-state index in [-0.39, 0.29) is 11.8 Å². The zero-order valence-electron chi connectivity index (χ0n) is 13.6. The van der Waals surface area contributed by atoms with Crippen molar-refractivity contribution >= 4 is 5.91 Å². The van der Waals surface area contributed by atoms with Crippen molar-refractivity contribution in [2.24, 2.45) is 0 Å². The normalized spacial score (nSPS) is 15.0. The summed E-state index contributed by atoms with van der Waals surface area (Å²) in [5.74, 6) is 1.18. The van der Waals surface area contributed by atoms with Crippen molar-refractivity contribution in [1.82, 2.24) is 15.1 Å². The summed E-state index contributed by atoms with van der Waals surface area (Å²) in [5, 5.41) is 7.04. The van der Waals surface area contributed by atoms with Gasteiger partial charge in [-0.2, -0.15) is 5.10 Å². The standard InChI is InChI=1S/C17H21N3O3/c1-11(12-4-5-15(22-2)16(8-12)23-3)17(21)20-7-6-14-13(10-20)9-18-19-14/h4-5,8-9,11H,6-7,10H2,1-3H3,(H,18,19). The van der Waals surface area contributed by atoms with Gasteiger partial charge >= 0.3 is 0 Å². The molecule has 1 aromatic heterocycles. The highest BCUT2D eigenvalue weighted by Gasteiger charge is 2.27. The van der Waals surface area contributed by atoms with Gasteiger partial charge in [-0.1, -0.05) is 6.07 Å². The molecule has 1 amide bonds. The number of carbonyl (C=O) groups excluding carboxylic acids is 1. The molecule has 3 rings (SSSR count). The Morgan fingerprint density at radius 1 is 1.30 bits per heavy atom. The van der Waals surface area contributed by atoms with Crippen LogP contribution in [0.2, 0.25) is 0 Å². The van der Waals surface area contributed by atoms with Crippen LogP contribution in [0.4, 0.5) is 0 Å². The van der Waals surface area contributed by atoms with E-state index in [1.54, 1.807) is 20.4 Å². The maximum absolute atomic E-state index is 12.8. The third-order valence-corrected chi connectivity index (χ3v) is 4.39. The summed E-state index contributed by atoms with van der Waals surface area (Å²) in [6.07, 6.45) is 2.62. The first-order chi connectivity index (χ1) is 11.1. The lowest BCUT2D eigenvalue weighted by Gasteiger charge is -2.29. The molecule has 0 bridgehead atoms. The molecule has 1 atom stereocenters. The third kappa shape index (κ3) is 2.88. The minimum absolute atomic E-state index is 0.115. The van der Waals surface area contributed by atoms with E-state index in [4.69, 9.17) is 9.47 Å². The van der Waals surface area contributed by atoms with Gasteiger partial charge in [0, 0.05) is 30.8 Å². The molecule has 6 nitrogen and oxygen atoms in total. The number of methoxy groups -OCH3 is 2. The van der Waals surface area contributed by atoms with E-state index in [9.17, 15) is 4.79 Å². The molecule has 6 heteroatoms. The Bertz CT molecular complexity index is 711. The average Bonchev–Trinajstić information content (AvgIpc) is 3.07. The van der Waals surface area contributed by atoms with Gasteiger partial charge in [-0.05, 0) is 24.6 Å². The predicted molar refractivity (Wildman–Crippen MR) is 85.7 cm³/mol. The first-order valence-electron chi connectivity index (χ1n) is 7.66. The van der Waals surface area contributed by atoms with Crippen molar-refractivity contribution in [3.05, 3.63) is 41.2 Å². The molecule has 2 aromatic rings. The fourth-order valence-electron chi connectivity index (χ4n) is 2.95. The van der Waals surface area contributed by atoms with E-state index in [0.29, 0.717) is 24.6 Å². The van der Waals surface area contributed by atoms with Crippen molar-refractivity contribution in [2.45, 2.75) is 25.8 Å². The molecule has 0 radical (unpaired) electrons. The number of hydrogen-bond acceptors (Lipinski definition) is 4. The van der Waals surface area contributed by atoms with E-state index in [1.807, 2.05) is 30.0 Å². The number of ether oxygens (including phenoxy) is 2. The number of rotatable bonds is 4. The van der Waals surface area contributed by atoms with Crippen molar-refractivity contribution < 1.29 is 14.3 Å². The number of amides is 1. The van der Waals surface area contributed by atoms with Crippen LogP contribution < -0.4 is 9.47 Å². The maximum Gasteiger partial charge on any atom is 0.230 e. The van der Waals surface area contributed by atoms with Gasteiger partial charge in [-0.15, -0.1) is 0 Å². The van der Waals surface area contributed by atoms with E-state index < -0.39 is 0 Å². The third-order valence-electron chi connectivity index (χ3n) is 4.39. The molecule has 0 fully saturated rings. The van der Waals surface area contributed by atoms with Crippen LogP contribution in [0.5, 0.6) is 11.5 Å². The maximum atomic E-state index is 12.8. The summed E-state index contributed by atoms with van der Waals surface area (Å²) in [4.78, 5) is 14.7. The van der Waals surface area contributed by atoms with Crippen molar-refractivity contribution in [1.29, 1.82) is 0 Å². The summed E-state index contributed by atoms with van der Waals surface area (Å²) < 4.78 is 10.6. The molecule has 1 unspecified atom stereocenters. The molecule has 0 saturated heterocycles. The summed E-state index contributed by atoms with van der Waals surface area (Å²) in [7, 11) is 3.20. The van der Waals surface area contributed by atoms with E-state index in [0.717, 1.165) is 23.2 Å². The van der Waals surface area contributed by atoms with Crippen molar-refractivity contribution in [3.63, 3.8) is 0 Å². The second kappa shape index (κ2) is 6.32. The first kappa shape index (κ1) is 15.4. The zero-order valence-corrected chi connectivity index (χ0v) is 13.6. The molecule has 0 aliphatic carbocycles. The zero-order chi connectivity index (χ0) is 16.4. The Hall–Kier alpha value is -2.50. The second-order valence-corrected chi connectivity index (χ2v) is 5.72. The van der Waals surface area contributed by atoms with Gasteiger partial charge in [0.1, 0.15) is 0 Å². The average molecular weight is 315 g/mol. The monoisotopic (exact) mass is 315 g/mol. The fourth-order valence-corrected chi connectivity index (χ4v) is 2.95. The van der Waals surface area contributed by atoms with Crippen LogP contribution in [-0.4, -0.2) is 41.8 Å². The van der Waals surface area contributed by atoms with Crippen LogP contribution in [0, 0.1) is 0 Å². The lowest BCUT2D eigenvalue weighted by atomic mass is 9.97. The van der Waals surface area contributed by atoms with Gasteiger partial charge in [0.25, 0.3) is 0 Å². The predicted octanol–water partition coefficient (Wildman–Crippen LogP) is 2.12. The summed E-state index contributed by atoms with van der Waals surface area (Å²) in [6, 6.07) is 5.62. The van der Waals surface area contributed by atoms with Gasteiger partial charge in [-0.3, -0.25) is 9.89 Å². The highest BCUT2D eigenvalue weighted by atomic mass is 16.5. The highest BCUT2D eigenvalue weighted by Crippen LogP contribution is 2.31. The number of benzene rings is 1. The minimum Gasteiger partial charge on any atom is -0.493 e. The summed E-state index contributed by atoms with van der Waals surface area (Å²) in [6.45, 7) is 3.25. The Morgan fingerprint density at radius 2 is 2.09 bits per heavy atom. The van der Waals surface area contributed by atoms with Gasteiger partial charge in [0.15, 0.2) is 11.5 Å². The molecule has 1 aromatic carbocycles. The number of aromatic amines is 1. The summed E-state index contributed by atoms with van der Waals surface area (Å²) in [5.41, 5.74) is 3.16. The lowest BCUT2D eigenvalue weighted by molar-refractivity contribution is -0.133. The van der Waals surface area contributed by atoms with E-state index >= 15 is 0 Å². The molecular formula is C17H21N3O3. The summed E-state index contributed by atoms with van der Waals surface area (Å²) >= 11 is 0. The highest BCUT2D eigenvalue weighted by molar-refractivity contribution is 5.83. The Balaban J connectivity index is 1.78. The number of carbonyl (C=O) groups is 1. The number of aromatic nitrogens is 2. The number of nitrogens with zero attached hydrogens (tertiary/aromatic N) is 2. The van der Waals surface area contributed by atoms with Gasteiger partial charge in [0.05, 0.1) is 26.3 Å². The molecule has 1 N–H and O–H groups in total. The smallest absolute Gasteiger partial charge is 0.230 e. The van der Waals surface area contributed by atoms with Gasteiger partial charge in [0.2, 0.25) is 5.91 Å². The fraction of sp³-hybridized carbons (Fsp3) is 0.412. The van der Waals surface area contributed by atoms with Crippen LogP contribution in [0.25, 0.3) is 0 Å².